The van der Waals surface area contributed by atoms with Gasteiger partial charge in [-0.2, -0.15) is 0 Å². The number of hydrogen-bond acceptors (Lipinski definition) is 3. The molecule has 1 atom stereocenters. The first-order valence-electron chi connectivity index (χ1n) is 8.28. The second-order valence-electron chi connectivity index (χ2n) is 6.10. The van der Waals surface area contributed by atoms with Gasteiger partial charge in [-0.05, 0) is 61.4 Å². The molecule has 0 aliphatic heterocycles. The Kier molecular flexibility index (Phi) is 4.89. The molecule has 1 aromatic heterocycles. The lowest BCUT2D eigenvalue weighted by molar-refractivity contribution is -0.136. The van der Waals surface area contributed by atoms with Crippen LogP contribution in [0.2, 0.25) is 0 Å². The standard InChI is InChI=1S/C19H21N3O2/c1-13(15-10-9-14-6-2-3-7-16(14)12-15)21-18(23)19(24)22-17-8-4-5-11-20-17/h4-5,8-13H,2-3,6-7H2,1H3,(H,21,23)(H,20,22,24). The highest BCUT2D eigenvalue weighted by molar-refractivity contribution is 6.39. The summed E-state index contributed by atoms with van der Waals surface area (Å²) in [7, 11) is 0. The summed E-state index contributed by atoms with van der Waals surface area (Å²) in [5.41, 5.74) is 3.78. The van der Waals surface area contributed by atoms with E-state index in [4.69, 9.17) is 0 Å². The topological polar surface area (TPSA) is 71.1 Å². The summed E-state index contributed by atoms with van der Waals surface area (Å²) in [4.78, 5) is 28.0. The minimum atomic E-state index is -0.710. The Morgan fingerprint density at radius 1 is 1.04 bits per heavy atom. The fraction of sp³-hybridized carbons (Fsp3) is 0.316. The molecular formula is C19H21N3O2. The highest BCUT2D eigenvalue weighted by Gasteiger charge is 2.18. The molecule has 1 aliphatic carbocycles. The smallest absolute Gasteiger partial charge is 0.314 e. The van der Waals surface area contributed by atoms with E-state index in [0.717, 1.165) is 18.4 Å². The maximum atomic E-state index is 12.1. The molecule has 2 N–H and O–H groups in total. The normalized spacial score (nSPS) is 14.4. The van der Waals surface area contributed by atoms with Crippen LogP contribution in [0.15, 0.2) is 42.6 Å². The Bertz CT molecular complexity index is 744. The number of carbonyl (C=O) groups is 2. The van der Waals surface area contributed by atoms with Crippen LogP contribution in [0.3, 0.4) is 0 Å². The van der Waals surface area contributed by atoms with Gasteiger partial charge in [0.25, 0.3) is 0 Å². The number of aryl methyl sites for hydroxylation is 2. The van der Waals surface area contributed by atoms with E-state index in [1.807, 2.05) is 13.0 Å². The van der Waals surface area contributed by atoms with Gasteiger partial charge in [0, 0.05) is 6.20 Å². The Hall–Kier alpha value is -2.69. The zero-order valence-electron chi connectivity index (χ0n) is 13.7. The molecule has 0 bridgehead atoms. The number of nitrogens with one attached hydrogen (secondary N) is 2. The summed E-state index contributed by atoms with van der Waals surface area (Å²) in [6.45, 7) is 1.89. The molecule has 0 saturated heterocycles. The summed E-state index contributed by atoms with van der Waals surface area (Å²) >= 11 is 0. The number of fused-ring (bicyclic) bond motifs is 1. The van der Waals surface area contributed by atoms with Crippen LogP contribution >= 0.6 is 0 Å². The fourth-order valence-electron chi connectivity index (χ4n) is 2.98. The SMILES string of the molecule is CC(NC(=O)C(=O)Nc1ccccn1)c1ccc2c(c1)CCCC2. The predicted octanol–water partition coefficient (Wildman–Crippen LogP) is 2.78. The van der Waals surface area contributed by atoms with E-state index in [0.29, 0.717) is 5.82 Å². The van der Waals surface area contributed by atoms with Crippen LogP contribution in [0.5, 0.6) is 0 Å². The van der Waals surface area contributed by atoms with Gasteiger partial charge < -0.3 is 10.6 Å². The van der Waals surface area contributed by atoms with Crippen molar-refractivity contribution in [1.82, 2.24) is 10.3 Å². The first kappa shape index (κ1) is 16.2. The second kappa shape index (κ2) is 7.25. The van der Waals surface area contributed by atoms with Gasteiger partial charge in [0.05, 0.1) is 6.04 Å². The third kappa shape index (κ3) is 3.79. The minimum Gasteiger partial charge on any atom is -0.341 e. The summed E-state index contributed by atoms with van der Waals surface area (Å²) in [5.74, 6) is -1.01. The van der Waals surface area contributed by atoms with Gasteiger partial charge >= 0.3 is 11.8 Å². The number of pyridine rings is 1. The zero-order valence-corrected chi connectivity index (χ0v) is 13.7. The van der Waals surface area contributed by atoms with Crippen molar-refractivity contribution < 1.29 is 9.59 Å². The quantitative estimate of drug-likeness (QED) is 0.853. The van der Waals surface area contributed by atoms with Gasteiger partial charge in [0.15, 0.2) is 0 Å². The number of aromatic nitrogens is 1. The monoisotopic (exact) mass is 323 g/mol. The molecule has 2 aromatic rings. The molecule has 0 spiro atoms. The van der Waals surface area contributed by atoms with Crippen LogP contribution in [0.4, 0.5) is 5.82 Å². The minimum absolute atomic E-state index is 0.223. The molecule has 1 aliphatic rings. The molecule has 124 valence electrons. The van der Waals surface area contributed by atoms with Crippen molar-refractivity contribution in [1.29, 1.82) is 0 Å². The van der Waals surface area contributed by atoms with E-state index >= 15 is 0 Å². The van der Waals surface area contributed by atoms with Crippen molar-refractivity contribution in [3.63, 3.8) is 0 Å². The van der Waals surface area contributed by atoms with Crippen LogP contribution in [0.1, 0.15) is 42.5 Å². The summed E-state index contributed by atoms with van der Waals surface area (Å²) < 4.78 is 0. The maximum Gasteiger partial charge on any atom is 0.314 e. The molecule has 3 rings (SSSR count). The summed E-state index contributed by atoms with van der Waals surface area (Å²) in [6, 6.07) is 11.2. The van der Waals surface area contributed by atoms with Crippen LogP contribution in [0, 0.1) is 0 Å². The number of anilines is 1. The van der Waals surface area contributed by atoms with E-state index in [9.17, 15) is 9.59 Å². The zero-order chi connectivity index (χ0) is 16.9. The van der Waals surface area contributed by atoms with E-state index in [-0.39, 0.29) is 6.04 Å². The molecule has 5 nitrogen and oxygen atoms in total. The average Bonchev–Trinajstić information content (AvgIpc) is 2.62. The number of rotatable bonds is 3. The Balaban J connectivity index is 1.62. The van der Waals surface area contributed by atoms with Crippen molar-refractivity contribution in [2.75, 3.05) is 5.32 Å². The van der Waals surface area contributed by atoms with Gasteiger partial charge in [-0.3, -0.25) is 9.59 Å². The van der Waals surface area contributed by atoms with Crippen molar-refractivity contribution in [2.24, 2.45) is 0 Å². The van der Waals surface area contributed by atoms with Crippen LogP contribution < -0.4 is 10.6 Å². The predicted molar refractivity (Wildman–Crippen MR) is 92.5 cm³/mol. The number of hydrogen-bond donors (Lipinski definition) is 2. The van der Waals surface area contributed by atoms with Crippen molar-refractivity contribution in [3.05, 3.63) is 59.3 Å². The molecular weight excluding hydrogens is 302 g/mol. The Morgan fingerprint density at radius 2 is 1.83 bits per heavy atom. The van der Waals surface area contributed by atoms with Crippen LogP contribution in [-0.2, 0) is 22.4 Å². The van der Waals surface area contributed by atoms with Crippen molar-refractivity contribution in [3.8, 4) is 0 Å². The number of nitrogens with zero attached hydrogens (tertiary/aromatic N) is 1. The molecule has 1 unspecified atom stereocenters. The van der Waals surface area contributed by atoms with E-state index in [1.54, 1.807) is 24.4 Å². The first-order valence-corrected chi connectivity index (χ1v) is 8.28. The largest absolute Gasteiger partial charge is 0.341 e. The summed E-state index contributed by atoms with van der Waals surface area (Å²) in [6.07, 6.45) is 6.23. The molecule has 24 heavy (non-hydrogen) atoms. The molecule has 0 saturated carbocycles. The van der Waals surface area contributed by atoms with E-state index in [2.05, 4.69) is 27.8 Å². The van der Waals surface area contributed by atoms with Gasteiger partial charge in [0.2, 0.25) is 0 Å². The van der Waals surface area contributed by atoms with E-state index in [1.165, 1.54) is 24.0 Å². The third-order valence-electron chi connectivity index (χ3n) is 4.33. The Labute approximate surface area is 141 Å². The Morgan fingerprint density at radius 3 is 2.58 bits per heavy atom. The average molecular weight is 323 g/mol. The van der Waals surface area contributed by atoms with Gasteiger partial charge in [-0.25, -0.2) is 4.98 Å². The van der Waals surface area contributed by atoms with Crippen LogP contribution in [0.25, 0.3) is 0 Å². The van der Waals surface area contributed by atoms with E-state index < -0.39 is 11.8 Å². The highest BCUT2D eigenvalue weighted by Crippen LogP contribution is 2.24. The lowest BCUT2D eigenvalue weighted by Crippen LogP contribution is -2.37. The fourth-order valence-corrected chi connectivity index (χ4v) is 2.98. The van der Waals surface area contributed by atoms with Crippen molar-refractivity contribution in [2.45, 2.75) is 38.6 Å². The number of amides is 2. The first-order chi connectivity index (χ1) is 11.6. The summed E-state index contributed by atoms with van der Waals surface area (Å²) in [5, 5.41) is 5.23. The number of benzene rings is 1. The molecule has 1 heterocycles. The van der Waals surface area contributed by atoms with Gasteiger partial charge in [-0.1, -0.05) is 24.3 Å². The molecule has 5 heteroatoms. The molecule has 0 fully saturated rings. The third-order valence-corrected chi connectivity index (χ3v) is 4.33. The van der Waals surface area contributed by atoms with Gasteiger partial charge in [0.1, 0.15) is 5.82 Å². The van der Waals surface area contributed by atoms with Crippen molar-refractivity contribution >= 4 is 17.6 Å². The highest BCUT2D eigenvalue weighted by atomic mass is 16.2. The second-order valence-corrected chi connectivity index (χ2v) is 6.10. The number of carbonyl (C=O) groups excluding carboxylic acids is 2. The lowest BCUT2D eigenvalue weighted by atomic mass is 9.89. The van der Waals surface area contributed by atoms with Crippen LogP contribution in [-0.4, -0.2) is 16.8 Å². The van der Waals surface area contributed by atoms with Gasteiger partial charge in [-0.15, -0.1) is 0 Å². The lowest BCUT2D eigenvalue weighted by Gasteiger charge is -2.19. The molecule has 1 aromatic carbocycles. The molecule has 2 amide bonds. The maximum absolute atomic E-state index is 12.1. The molecule has 0 radical (unpaired) electrons.